The zero-order valence-electron chi connectivity index (χ0n) is 11.5. The number of hydrogen-bond donors (Lipinski definition) is 0. The SMILES string of the molecule is CC(O[Si](C)(C)C(C)(C)C)C(C)(C)C=O. The predicted molar refractivity (Wildman–Crippen MR) is 67.6 cm³/mol. The molecule has 0 radical (unpaired) electrons. The highest BCUT2D eigenvalue weighted by Crippen LogP contribution is 2.39. The first-order chi connectivity index (χ1) is 6.44. The molecule has 0 aliphatic heterocycles. The quantitative estimate of drug-likeness (QED) is 0.544. The van der Waals surface area contributed by atoms with Crippen LogP contribution >= 0.6 is 0 Å². The van der Waals surface area contributed by atoms with E-state index in [1.807, 2.05) is 20.8 Å². The summed E-state index contributed by atoms with van der Waals surface area (Å²) in [5, 5.41) is 0.195. The molecule has 0 saturated heterocycles. The second-order valence-corrected chi connectivity index (χ2v) is 11.2. The summed E-state index contributed by atoms with van der Waals surface area (Å²) in [7, 11) is -1.75. The fraction of sp³-hybridized carbons (Fsp3) is 0.917. The largest absolute Gasteiger partial charge is 0.413 e. The maximum absolute atomic E-state index is 10.9. The highest BCUT2D eigenvalue weighted by molar-refractivity contribution is 6.74. The first kappa shape index (κ1) is 14.8. The van der Waals surface area contributed by atoms with Crippen LogP contribution in [0.15, 0.2) is 0 Å². The van der Waals surface area contributed by atoms with Gasteiger partial charge in [-0.15, -0.1) is 0 Å². The second kappa shape index (κ2) is 4.38. The monoisotopic (exact) mass is 230 g/mol. The molecule has 1 unspecified atom stereocenters. The van der Waals surface area contributed by atoms with Crippen molar-refractivity contribution in [3.8, 4) is 0 Å². The molecule has 0 aliphatic rings. The van der Waals surface area contributed by atoms with Gasteiger partial charge in [0.1, 0.15) is 6.29 Å². The average Bonchev–Trinajstić information content (AvgIpc) is 2.01. The molecule has 0 aromatic rings. The molecule has 0 aromatic carbocycles. The minimum Gasteiger partial charge on any atom is -0.413 e. The maximum Gasteiger partial charge on any atom is 0.192 e. The van der Waals surface area contributed by atoms with Crippen LogP contribution in [0.2, 0.25) is 18.1 Å². The van der Waals surface area contributed by atoms with E-state index in [4.69, 9.17) is 4.43 Å². The molecular formula is C12H26O2Si. The van der Waals surface area contributed by atoms with Crippen molar-refractivity contribution in [2.75, 3.05) is 0 Å². The Kier molecular flexibility index (Phi) is 4.33. The lowest BCUT2D eigenvalue weighted by Gasteiger charge is -2.41. The second-order valence-electron chi connectivity index (χ2n) is 6.46. The molecule has 15 heavy (non-hydrogen) atoms. The van der Waals surface area contributed by atoms with Crippen molar-refractivity contribution in [2.45, 2.75) is 65.8 Å². The van der Waals surface area contributed by atoms with Crippen molar-refractivity contribution in [3.63, 3.8) is 0 Å². The highest BCUT2D eigenvalue weighted by Gasteiger charge is 2.41. The summed E-state index contributed by atoms with van der Waals surface area (Å²) in [5.41, 5.74) is -0.393. The molecule has 0 fully saturated rings. The Hall–Kier alpha value is -0.153. The van der Waals surface area contributed by atoms with Gasteiger partial charge < -0.3 is 9.22 Å². The first-order valence-electron chi connectivity index (χ1n) is 5.58. The molecule has 2 nitrogen and oxygen atoms in total. The van der Waals surface area contributed by atoms with Crippen LogP contribution in [0.1, 0.15) is 41.5 Å². The molecular weight excluding hydrogens is 204 g/mol. The Bertz CT molecular complexity index is 226. The summed E-state index contributed by atoms with van der Waals surface area (Å²) < 4.78 is 6.17. The summed E-state index contributed by atoms with van der Waals surface area (Å²) in [6.45, 7) is 16.9. The van der Waals surface area contributed by atoms with Gasteiger partial charge in [-0.3, -0.25) is 0 Å². The van der Waals surface area contributed by atoms with Gasteiger partial charge in [0.05, 0.1) is 6.10 Å². The van der Waals surface area contributed by atoms with Gasteiger partial charge in [-0.1, -0.05) is 34.6 Å². The molecule has 0 spiro atoms. The number of hydrogen-bond acceptors (Lipinski definition) is 2. The van der Waals surface area contributed by atoms with Crippen molar-refractivity contribution in [3.05, 3.63) is 0 Å². The smallest absolute Gasteiger partial charge is 0.192 e. The van der Waals surface area contributed by atoms with E-state index in [-0.39, 0.29) is 11.1 Å². The lowest BCUT2D eigenvalue weighted by molar-refractivity contribution is -0.118. The Morgan fingerprint density at radius 2 is 1.53 bits per heavy atom. The molecule has 0 N–H and O–H groups in total. The van der Waals surface area contributed by atoms with Crippen molar-refractivity contribution in [2.24, 2.45) is 5.41 Å². The van der Waals surface area contributed by atoms with Crippen LogP contribution in [0.25, 0.3) is 0 Å². The number of carbonyl (C=O) groups is 1. The standard InChI is InChI=1S/C12H26O2Si/c1-10(12(5,6)9-13)14-15(7,8)11(2,3)4/h9-10H,1-8H3. The first-order valence-corrected chi connectivity index (χ1v) is 8.49. The van der Waals surface area contributed by atoms with Crippen LogP contribution in [0.3, 0.4) is 0 Å². The van der Waals surface area contributed by atoms with Crippen molar-refractivity contribution in [1.82, 2.24) is 0 Å². The van der Waals surface area contributed by atoms with E-state index < -0.39 is 13.7 Å². The lowest BCUT2D eigenvalue weighted by atomic mass is 9.90. The third kappa shape index (κ3) is 3.72. The number of aldehydes is 1. The molecule has 0 aliphatic carbocycles. The zero-order chi connectivity index (χ0) is 12.5. The third-order valence-corrected chi connectivity index (χ3v) is 8.18. The van der Waals surface area contributed by atoms with E-state index in [0.717, 1.165) is 6.29 Å². The Balaban J connectivity index is 4.68. The van der Waals surface area contributed by atoms with Crippen LogP contribution in [0.5, 0.6) is 0 Å². The van der Waals surface area contributed by atoms with E-state index in [9.17, 15) is 4.79 Å². The molecule has 0 saturated carbocycles. The minimum absolute atomic E-state index is 0.0177. The normalized spacial score (nSPS) is 16.3. The van der Waals surface area contributed by atoms with Crippen molar-refractivity contribution in [1.29, 1.82) is 0 Å². The molecule has 0 rings (SSSR count). The van der Waals surface area contributed by atoms with Crippen molar-refractivity contribution >= 4 is 14.6 Å². The molecule has 3 heteroatoms. The van der Waals surface area contributed by atoms with Gasteiger partial charge in [-0.05, 0) is 25.1 Å². The fourth-order valence-corrected chi connectivity index (χ4v) is 2.41. The van der Waals surface area contributed by atoms with E-state index in [2.05, 4.69) is 33.9 Å². The maximum atomic E-state index is 10.9. The summed E-state index contributed by atoms with van der Waals surface area (Å²) in [6, 6.07) is 0. The van der Waals surface area contributed by atoms with Crippen LogP contribution < -0.4 is 0 Å². The van der Waals surface area contributed by atoms with Gasteiger partial charge in [0.2, 0.25) is 0 Å². The summed E-state index contributed by atoms with van der Waals surface area (Å²) >= 11 is 0. The van der Waals surface area contributed by atoms with E-state index in [1.54, 1.807) is 0 Å². The Morgan fingerprint density at radius 3 is 1.80 bits per heavy atom. The zero-order valence-corrected chi connectivity index (χ0v) is 12.5. The molecule has 0 bridgehead atoms. The Labute approximate surface area is 95.5 Å². The van der Waals surface area contributed by atoms with E-state index >= 15 is 0 Å². The predicted octanol–water partition coefficient (Wildman–Crippen LogP) is 3.62. The summed E-state index contributed by atoms with van der Waals surface area (Å²) in [4.78, 5) is 10.9. The van der Waals surface area contributed by atoms with Gasteiger partial charge in [-0.25, -0.2) is 0 Å². The molecule has 0 heterocycles. The van der Waals surface area contributed by atoms with Gasteiger partial charge >= 0.3 is 0 Å². The third-order valence-electron chi connectivity index (χ3n) is 3.63. The van der Waals surface area contributed by atoms with Crippen LogP contribution in [-0.4, -0.2) is 20.7 Å². The minimum atomic E-state index is -1.75. The van der Waals surface area contributed by atoms with E-state index in [1.165, 1.54) is 0 Å². The van der Waals surface area contributed by atoms with Crippen molar-refractivity contribution < 1.29 is 9.22 Å². The van der Waals surface area contributed by atoms with Gasteiger partial charge in [0, 0.05) is 5.41 Å². The number of carbonyl (C=O) groups excluding carboxylic acids is 1. The van der Waals surface area contributed by atoms with Crippen LogP contribution in [0, 0.1) is 5.41 Å². The van der Waals surface area contributed by atoms with Crippen LogP contribution in [0.4, 0.5) is 0 Å². The highest BCUT2D eigenvalue weighted by atomic mass is 28.4. The summed E-state index contributed by atoms with van der Waals surface area (Å²) in [5.74, 6) is 0. The molecule has 0 amide bonds. The molecule has 1 atom stereocenters. The van der Waals surface area contributed by atoms with Crippen LogP contribution in [-0.2, 0) is 9.22 Å². The van der Waals surface area contributed by atoms with Gasteiger partial charge in [0.15, 0.2) is 8.32 Å². The average molecular weight is 230 g/mol. The van der Waals surface area contributed by atoms with Gasteiger partial charge in [0.25, 0.3) is 0 Å². The number of rotatable bonds is 4. The fourth-order valence-electron chi connectivity index (χ4n) is 0.866. The Morgan fingerprint density at radius 1 is 1.13 bits per heavy atom. The van der Waals surface area contributed by atoms with E-state index in [0.29, 0.717) is 0 Å². The molecule has 90 valence electrons. The molecule has 0 aromatic heterocycles. The topological polar surface area (TPSA) is 26.3 Å². The summed E-state index contributed by atoms with van der Waals surface area (Å²) in [6.07, 6.45) is 0.973. The van der Waals surface area contributed by atoms with Gasteiger partial charge in [-0.2, -0.15) is 0 Å². The lowest BCUT2D eigenvalue weighted by Crippen LogP contribution is -2.47.